The molecule has 0 saturated carbocycles. The fourth-order valence-electron chi connectivity index (χ4n) is 1.12. The molecule has 20 heavy (non-hydrogen) atoms. The van der Waals surface area contributed by atoms with Crippen LogP contribution in [0.2, 0.25) is 0 Å². The standard InChI is InChI=1S/C11H23N3O5S/c1-11(2,3)19-10(16)13-6-5-9(15)12-7-8-14-20(4,17)18/h14H,5-8H2,1-4H3,(H,12,15)(H,13,16). The Hall–Kier alpha value is -1.35. The maximum atomic E-state index is 11.4. The first-order valence-corrected chi connectivity index (χ1v) is 8.07. The molecule has 8 nitrogen and oxygen atoms in total. The van der Waals surface area contributed by atoms with Crippen LogP contribution in [0.25, 0.3) is 0 Å². The van der Waals surface area contributed by atoms with E-state index >= 15 is 0 Å². The van der Waals surface area contributed by atoms with Gasteiger partial charge in [-0.1, -0.05) is 0 Å². The van der Waals surface area contributed by atoms with Gasteiger partial charge < -0.3 is 15.4 Å². The van der Waals surface area contributed by atoms with Crippen LogP contribution >= 0.6 is 0 Å². The summed E-state index contributed by atoms with van der Waals surface area (Å²) in [7, 11) is -3.24. The van der Waals surface area contributed by atoms with Gasteiger partial charge in [-0.05, 0) is 20.8 Å². The molecule has 0 aliphatic carbocycles. The van der Waals surface area contributed by atoms with Gasteiger partial charge in [-0.2, -0.15) is 0 Å². The zero-order chi connectivity index (χ0) is 15.8. The van der Waals surface area contributed by atoms with Gasteiger partial charge in [0.15, 0.2) is 0 Å². The van der Waals surface area contributed by atoms with Gasteiger partial charge in [-0.25, -0.2) is 17.9 Å². The van der Waals surface area contributed by atoms with Crippen molar-refractivity contribution in [2.75, 3.05) is 25.9 Å². The molecule has 0 aromatic carbocycles. The van der Waals surface area contributed by atoms with Crippen LogP contribution in [-0.4, -0.2) is 51.9 Å². The number of amides is 2. The fourth-order valence-corrected chi connectivity index (χ4v) is 1.59. The number of carbonyl (C=O) groups excluding carboxylic acids is 2. The number of hydrogen-bond donors (Lipinski definition) is 3. The van der Waals surface area contributed by atoms with E-state index in [4.69, 9.17) is 4.74 Å². The molecule has 0 atom stereocenters. The molecule has 0 rings (SSSR count). The van der Waals surface area contributed by atoms with Crippen molar-refractivity contribution in [1.29, 1.82) is 0 Å². The van der Waals surface area contributed by atoms with Crippen LogP contribution in [0.3, 0.4) is 0 Å². The summed E-state index contributed by atoms with van der Waals surface area (Å²) in [5.41, 5.74) is -0.580. The van der Waals surface area contributed by atoms with E-state index in [0.29, 0.717) is 0 Å². The predicted molar refractivity (Wildman–Crippen MR) is 74.7 cm³/mol. The normalized spacial score (nSPS) is 11.8. The molecular formula is C11H23N3O5S. The highest BCUT2D eigenvalue weighted by Crippen LogP contribution is 2.06. The number of ether oxygens (including phenoxy) is 1. The van der Waals surface area contributed by atoms with Gasteiger partial charge in [-0.3, -0.25) is 4.79 Å². The number of rotatable bonds is 7. The van der Waals surface area contributed by atoms with Crippen LogP contribution in [0.1, 0.15) is 27.2 Å². The number of alkyl carbamates (subject to hydrolysis) is 1. The van der Waals surface area contributed by atoms with Crippen molar-refractivity contribution in [3.05, 3.63) is 0 Å². The van der Waals surface area contributed by atoms with Crippen molar-refractivity contribution >= 4 is 22.0 Å². The third-order valence-electron chi connectivity index (χ3n) is 1.83. The summed E-state index contributed by atoms with van der Waals surface area (Å²) in [4.78, 5) is 22.6. The van der Waals surface area contributed by atoms with E-state index < -0.39 is 21.7 Å². The molecule has 2 amide bonds. The minimum Gasteiger partial charge on any atom is -0.444 e. The molecule has 0 saturated heterocycles. The van der Waals surface area contributed by atoms with Gasteiger partial charge in [0.05, 0.1) is 6.26 Å². The summed E-state index contributed by atoms with van der Waals surface area (Å²) < 4.78 is 28.7. The maximum Gasteiger partial charge on any atom is 0.407 e. The zero-order valence-corrected chi connectivity index (χ0v) is 13.1. The van der Waals surface area contributed by atoms with Crippen LogP contribution in [0.15, 0.2) is 0 Å². The second-order valence-corrected chi connectivity index (χ2v) is 7.03. The molecule has 0 radical (unpaired) electrons. The molecular weight excluding hydrogens is 286 g/mol. The first-order chi connectivity index (χ1) is 8.99. The number of nitrogens with one attached hydrogen (secondary N) is 3. The lowest BCUT2D eigenvalue weighted by molar-refractivity contribution is -0.120. The first-order valence-electron chi connectivity index (χ1n) is 6.18. The maximum absolute atomic E-state index is 11.4. The Bertz CT molecular complexity index is 428. The predicted octanol–water partition coefficient (Wildman–Crippen LogP) is -0.433. The van der Waals surface area contributed by atoms with E-state index in [9.17, 15) is 18.0 Å². The van der Waals surface area contributed by atoms with Crippen molar-refractivity contribution in [2.45, 2.75) is 32.8 Å². The molecule has 0 spiro atoms. The fraction of sp³-hybridized carbons (Fsp3) is 0.818. The van der Waals surface area contributed by atoms with Gasteiger partial charge >= 0.3 is 6.09 Å². The van der Waals surface area contributed by atoms with Crippen molar-refractivity contribution in [1.82, 2.24) is 15.4 Å². The van der Waals surface area contributed by atoms with Gasteiger partial charge in [0, 0.05) is 26.1 Å². The third kappa shape index (κ3) is 13.1. The van der Waals surface area contributed by atoms with Crippen molar-refractivity contribution in [3.8, 4) is 0 Å². The Morgan fingerprint density at radius 1 is 1.05 bits per heavy atom. The topological polar surface area (TPSA) is 114 Å². The van der Waals surface area contributed by atoms with Crippen LogP contribution in [0, 0.1) is 0 Å². The van der Waals surface area contributed by atoms with Crippen molar-refractivity contribution in [3.63, 3.8) is 0 Å². The molecule has 0 aliphatic rings. The van der Waals surface area contributed by atoms with E-state index in [1.165, 1.54) is 0 Å². The average molecular weight is 309 g/mol. The van der Waals surface area contributed by atoms with Crippen molar-refractivity contribution in [2.24, 2.45) is 0 Å². The van der Waals surface area contributed by atoms with Crippen molar-refractivity contribution < 1.29 is 22.7 Å². The first kappa shape index (κ1) is 18.7. The largest absolute Gasteiger partial charge is 0.444 e. The van der Waals surface area contributed by atoms with Gasteiger partial charge in [0.25, 0.3) is 0 Å². The summed E-state index contributed by atoms with van der Waals surface area (Å²) in [5, 5.41) is 4.97. The molecule has 0 unspecified atom stereocenters. The Morgan fingerprint density at radius 3 is 2.15 bits per heavy atom. The Kier molecular flexibility index (Phi) is 7.51. The van der Waals surface area contributed by atoms with Crippen LogP contribution in [0.5, 0.6) is 0 Å². The summed E-state index contributed by atoms with van der Waals surface area (Å²) >= 11 is 0. The smallest absolute Gasteiger partial charge is 0.407 e. The van der Waals surface area contributed by atoms with Crippen LogP contribution < -0.4 is 15.4 Å². The van der Waals surface area contributed by atoms with E-state index in [1.54, 1.807) is 20.8 Å². The highest BCUT2D eigenvalue weighted by atomic mass is 32.2. The lowest BCUT2D eigenvalue weighted by Gasteiger charge is -2.19. The summed E-state index contributed by atoms with van der Waals surface area (Å²) in [6.07, 6.45) is 0.557. The lowest BCUT2D eigenvalue weighted by Crippen LogP contribution is -2.37. The minimum atomic E-state index is -3.24. The molecule has 0 fully saturated rings. The Balaban J connectivity index is 3.67. The summed E-state index contributed by atoms with van der Waals surface area (Å²) in [5.74, 6) is -0.281. The molecule has 118 valence electrons. The SMILES string of the molecule is CC(C)(C)OC(=O)NCCC(=O)NCCNS(C)(=O)=O. The number of hydrogen-bond acceptors (Lipinski definition) is 5. The molecule has 0 aliphatic heterocycles. The molecule has 3 N–H and O–H groups in total. The monoisotopic (exact) mass is 309 g/mol. The van der Waals surface area contributed by atoms with E-state index in [2.05, 4.69) is 15.4 Å². The molecule has 0 aromatic heterocycles. The zero-order valence-electron chi connectivity index (χ0n) is 12.3. The molecule has 0 bridgehead atoms. The van der Waals surface area contributed by atoms with E-state index in [1.807, 2.05) is 0 Å². The van der Waals surface area contributed by atoms with E-state index in [0.717, 1.165) is 6.26 Å². The molecule has 0 heterocycles. The lowest BCUT2D eigenvalue weighted by atomic mass is 10.2. The Labute approximate surface area is 119 Å². The third-order valence-corrected chi connectivity index (χ3v) is 2.56. The highest BCUT2D eigenvalue weighted by Gasteiger charge is 2.15. The molecule has 0 aromatic rings. The van der Waals surface area contributed by atoms with Gasteiger partial charge in [-0.15, -0.1) is 0 Å². The second kappa shape index (κ2) is 8.05. The van der Waals surface area contributed by atoms with E-state index in [-0.39, 0.29) is 32.0 Å². The minimum absolute atomic E-state index is 0.0954. The van der Waals surface area contributed by atoms with Gasteiger partial charge in [0.2, 0.25) is 15.9 Å². The average Bonchev–Trinajstić information content (AvgIpc) is 2.20. The Morgan fingerprint density at radius 2 is 1.65 bits per heavy atom. The summed E-state index contributed by atoms with van der Waals surface area (Å²) in [6.45, 7) is 5.71. The van der Waals surface area contributed by atoms with Crippen LogP contribution in [0.4, 0.5) is 4.79 Å². The quantitative estimate of drug-likeness (QED) is 0.552. The second-order valence-electron chi connectivity index (χ2n) is 5.20. The molecule has 9 heteroatoms. The van der Waals surface area contributed by atoms with Crippen LogP contribution in [-0.2, 0) is 19.6 Å². The number of sulfonamides is 1. The number of carbonyl (C=O) groups is 2. The van der Waals surface area contributed by atoms with Gasteiger partial charge in [0.1, 0.15) is 5.60 Å². The highest BCUT2D eigenvalue weighted by molar-refractivity contribution is 7.88. The summed E-state index contributed by atoms with van der Waals surface area (Å²) in [6, 6.07) is 0.